The molecule has 0 radical (unpaired) electrons. The summed E-state index contributed by atoms with van der Waals surface area (Å²) in [4.78, 5) is 2.66. The predicted molar refractivity (Wildman–Crippen MR) is 237 cm³/mol. The van der Waals surface area contributed by atoms with Crippen molar-refractivity contribution >= 4 is 49.4 Å². The minimum atomic E-state index is 0.628. The van der Waals surface area contributed by atoms with E-state index in [9.17, 15) is 0 Å². The molecular weight excluding hydrogens is 663 g/mol. The van der Waals surface area contributed by atoms with Crippen LogP contribution in [0, 0.1) is 0 Å². The van der Waals surface area contributed by atoms with Gasteiger partial charge < -0.3 is 4.90 Å². The predicted octanol–water partition coefficient (Wildman–Crippen LogP) is 16.4. The molecule has 0 saturated heterocycles. The van der Waals surface area contributed by atoms with E-state index < -0.39 is 0 Å². The van der Waals surface area contributed by atoms with Gasteiger partial charge in [-0.15, -0.1) is 0 Å². The summed E-state index contributed by atoms with van der Waals surface area (Å²) in [5.74, 6) is 1.90. The van der Waals surface area contributed by atoms with Gasteiger partial charge in [-0.1, -0.05) is 167 Å². The minimum absolute atomic E-state index is 0.628. The van der Waals surface area contributed by atoms with Gasteiger partial charge in [0.25, 0.3) is 0 Å². The van der Waals surface area contributed by atoms with E-state index in [2.05, 4.69) is 138 Å². The van der Waals surface area contributed by atoms with Crippen molar-refractivity contribution in [1.29, 1.82) is 0 Å². The zero-order valence-corrected chi connectivity index (χ0v) is 32.5. The molecule has 0 unspecified atom stereocenters. The van der Waals surface area contributed by atoms with E-state index in [-0.39, 0.29) is 0 Å². The zero-order valence-electron chi connectivity index (χ0n) is 32.5. The summed E-state index contributed by atoms with van der Waals surface area (Å²) < 4.78 is 0. The quantitative estimate of drug-likeness (QED) is 0.159. The van der Waals surface area contributed by atoms with Crippen LogP contribution in [0.3, 0.4) is 0 Å². The van der Waals surface area contributed by atoms with E-state index in [0.29, 0.717) is 17.8 Å². The average Bonchev–Trinajstić information content (AvgIpc) is 3.27. The summed E-state index contributed by atoms with van der Waals surface area (Å²) >= 11 is 0. The van der Waals surface area contributed by atoms with E-state index in [1.165, 1.54) is 162 Å². The molecule has 1 nitrogen and oxygen atoms in total. The van der Waals surface area contributed by atoms with Crippen LogP contribution < -0.4 is 4.90 Å². The Balaban J connectivity index is 1.26. The molecular formula is C54H55N. The fourth-order valence-corrected chi connectivity index (χ4v) is 11.1. The van der Waals surface area contributed by atoms with Crippen molar-refractivity contribution in [2.75, 3.05) is 4.90 Å². The van der Waals surface area contributed by atoms with Crippen LogP contribution in [0.2, 0.25) is 0 Å². The van der Waals surface area contributed by atoms with Gasteiger partial charge in [0.15, 0.2) is 0 Å². The molecule has 1 heteroatoms. The van der Waals surface area contributed by atoms with Crippen molar-refractivity contribution in [2.45, 2.75) is 114 Å². The third-order valence-electron chi connectivity index (χ3n) is 13.8. The van der Waals surface area contributed by atoms with Gasteiger partial charge in [-0.3, -0.25) is 0 Å². The Morgan fingerprint density at radius 3 is 1.65 bits per heavy atom. The largest absolute Gasteiger partial charge is 0.309 e. The minimum Gasteiger partial charge on any atom is -0.309 e. The van der Waals surface area contributed by atoms with Crippen LogP contribution in [0.15, 0.2) is 133 Å². The molecule has 7 aromatic carbocycles. The Bertz CT molecular complexity index is 2450. The fourth-order valence-electron chi connectivity index (χ4n) is 11.1. The molecule has 3 aliphatic rings. The molecule has 10 rings (SSSR count). The molecule has 3 fully saturated rings. The highest BCUT2D eigenvalue weighted by Crippen LogP contribution is 2.51. The van der Waals surface area contributed by atoms with E-state index in [1.807, 2.05) is 0 Å². The molecule has 3 aliphatic carbocycles. The van der Waals surface area contributed by atoms with E-state index in [0.717, 1.165) is 0 Å². The molecule has 0 bridgehead atoms. The Kier molecular flexibility index (Phi) is 9.65. The highest BCUT2D eigenvalue weighted by atomic mass is 15.1. The van der Waals surface area contributed by atoms with E-state index in [1.54, 1.807) is 11.1 Å². The Labute approximate surface area is 328 Å². The Hall–Kier alpha value is -4.88. The van der Waals surface area contributed by atoms with Crippen molar-refractivity contribution in [1.82, 2.24) is 0 Å². The molecule has 0 amide bonds. The van der Waals surface area contributed by atoms with E-state index >= 15 is 0 Å². The monoisotopic (exact) mass is 717 g/mol. The summed E-state index contributed by atoms with van der Waals surface area (Å²) in [6, 6.07) is 52.1. The number of hydrogen-bond acceptors (Lipinski definition) is 1. The van der Waals surface area contributed by atoms with Gasteiger partial charge in [-0.25, -0.2) is 0 Å². The molecule has 276 valence electrons. The lowest BCUT2D eigenvalue weighted by Gasteiger charge is -2.33. The first-order valence-corrected chi connectivity index (χ1v) is 21.8. The van der Waals surface area contributed by atoms with Gasteiger partial charge in [-0.2, -0.15) is 0 Å². The van der Waals surface area contributed by atoms with Crippen molar-refractivity contribution in [3.8, 4) is 11.1 Å². The van der Waals surface area contributed by atoms with E-state index in [4.69, 9.17) is 0 Å². The summed E-state index contributed by atoms with van der Waals surface area (Å²) in [5, 5.41) is 8.18. The van der Waals surface area contributed by atoms with Crippen molar-refractivity contribution in [3.05, 3.63) is 150 Å². The van der Waals surface area contributed by atoms with Crippen molar-refractivity contribution < 1.29 is 0 Å². The highest BCUT2D eigenvalue weighted by molar-refractivity contribution is 6.13. The first-order chi connectivity index (χ1) is 27.3. The maximum atomic E-state index is 2.66. The summed E-state index contributed by atoms with van der Waals surface area (Å²) in [7, 11) is 0. The van der Waals surface area contributed by atoms with Gasteiger partial charge >= 0.3 is 0 Å². The average molecular weight is 718 g/mol. The summed E-state index contributed by atoms with van der Waals surface area (Å²) in [6.07, 6.45) is 19.9. The normalized spacial score (nSPS) is 17.6. The number of fused-ring (bicyclic) bond motifs is 3. The van der Waals surface area contributed by atoms with Crippen LogP contribution in [0.1, 0.15) is 131 Å². The summed E-state index contributed by atoms with van der Waals surface area (Å²) in [6.45, 7) is 0. The van der Waals surface area contributed by atoms with Gasteiger partial charge in [0, 0.05) is 16.6 Å². The number of rotatable bonds is 7. The molecule has 0 spiro atoms. The Morgan fingerprint density at radius 2 is 0.909 bits per heavy atom. The van der Waals surface area contributed by atoms with Crippen LogP contribution in [0.25, 0.3) is 43.4 Å². The van der Waals surface area contributed by atoms with Gasteiger partial charge in [-0.05, 0) is 130 Å². The van der Waals surface area contributed by atoms with Gasteiger partial charge in [0.2, 0.25) is 0 Å². The molecule has 0 atom stereocenters. The maximum Gasteiger partial charge on any atom is 0.0546 e. The topological polar surface area (TPSA) is 3.24 Å². The highest BCUT2D eigenvalue weighted by Gasteiger charge is 2.27. The smallest absolute Gasteiger partial charge is 0.0546 e. The summed E-state index contributed by atoms with van der Waals surface area (Å²) in [5.41, 5.74) is 11.0. The van der Waals surface area contributed by atoms with Crippen LogP contribution in [-0.4, -0.2) is 0 Å². The first kappa shape index (κ1) is 34.6. The zero-order chi connectivity index (χ0) is 36.6. The molecule has 0 heterocycles. The third-order valence-corrected chi connectivity index (χ3v) is 13.8. The standard InChI is InChI=1S/C54H55N/c1-4-17-38(18-5-1)42-25-14-26-43(37-42)55(52-35-33-46(40-21-8-3-9-22-40)47-28-12-13-29-49(47)52)53-36-34-48-44(39-19-6-2-7-20-39)30-16-32-51(48)54(53)50-31-15-24-41-23-10-11-27-45(41)50/h10-16,23-40H,1-9,17-22H2. The van der Waals surface area contributed by atoms with Crippen molar-refractivity contribution in [2.24, 2.45) is 0 Å². The SMILES string of the molecule is c1cc(C2CCCCC2)cc(N(c2ccc3c(C4CCCCC4)cccc3c2-c2cccc3ccccc23)c2ccc(C3CCCCC3)c3ccccc23)c1. The van der Waals surface area contributed by atoms with Crippen LogP contribution in [-0.2, 0) is 0 Å². The van der Waals surface area contributed by atoms with Crippen LogP contribution in [0.5, 0.6) is 0 Å². The molecule has 0 aromatic heterocycles. The molecule has 0 aliphatic heterocycles. The fraction of sp³-hybridized carbons (Fsp3) is 0.333. The molecule has 3 saturated carbocycles. The second kappa shape index (κ2) is 15.3. The molecule has 55 heavy (non-hydrogen) atoms. The number of benzene rings is 7. The second-order valence-corrected chi connectivity index (χ2v) is 17.1. The van der Waals surface area contributed by atoms with Crippen LogP contribution >= 0.6 is 0 Å². The number of nitrogens with zero attached hydrogens (tertiary/aromatic N) is 1. The lowest BCUT2D eigenvalue weighted by atomic mass is 9.80. The maximum absolute atomic E-state index is 2.66. The van der Waals surface area contributed by atoms with Gasteiger partial charge in [0.05, 0.1) is 11.4 Å². The third kappa shape index (κ3) is 6.54. The molecule has 7 aromatic rings. The van der Waals surface area contributed by atoms with Crippen molar-refractivity contribution in [3.63, 3.8) is 0 Å². The Morgan fingerprint density at radius 1 is 0.364 bits per heavy atom. The second-order valence-electron chi connectivity index (χ2n) is 17.1. The first-order valence-electron chi connectivity index (χ1n) is 21.8. The van der Waals surface area contributed by atoms with Gasteiger partial charge in [0.1, 0.15) is 0 Å². The molecule has 0 N–H and O–H groups in total. The number of hydrogen-bond donors (Lipinski definition) is 0. The lowest BCUT2D eigenvalue weighted by Crippen LogP contribution is -2.14. The number of anilines is 3. The van der Waals surface area contributed by atoms with Crippen LogP contribution in [0.4, 0.5) is 17.1 Å². The lowest BCUT2D eigenvalue weighted by molar-refractivity contribution is 0.443.